The Morgan fingerprint density at radius 3 is 3.00 bits per heavy atom. The van der Waals surface area contributed by atoms with Gasteiger partial charge >= 0.3 is 5.97 Å². The first-order chi connectivity index (χ1) is 7.69. The monoisotopic (exact) mass is 241 g/mol. The van der Waals surface area contributed by atoms with E-state index >= 15 is 0 Å². The van der Waals surface area contributed by atoms with Crippen LogP contribution in [0.4, 0.5) is 0 Å². The van der Waals surface area contributed by atoms with Gasteiger partial charge in [0.2, 0.25) is 0 Å². The summed E-state index contributed by atoms with van der Waals surface area (Å²) < 4.78 is 9.65. The van der Waals surface area contributed by atoms with Gasteiger partial charge in [0.1, 0.15) is 0 Å². The molecule has 5 heteroatoms. The molecule has 0 aliphatic heterocycles. The number of rotatable bonds is 4. The van der Waals surface area contributed by atoms with Crippen molar-refractivity contribution in [2.24, 2.45) is 0 Å². The summed E-state index contributed by atoms with van der Waals surface area (Å²) in [7, 11) is 1.30. The molecule has 0 unspecified atom stereocenters. The first-order valence-corrected chi connectivity index (χ1v) is 5.08. The molecule has 1 aromatic heterocycles. The highest BCUT2D eigenvalue weighted by Gasteiger charge is 2.12. The molecule has 0 amide bonds. The highest BCUT2D eigenvalue weighted by Crippen LogP contribution is 2.15. The summed E-state index contributed by atoms with van der Waals surface area (Å²) in [5.41, 5.74) is 0.774. The van der Waals surface area contributed by atoms with Gasteiger partial charge in [-0.15, -0.1) is 0 Å². The van der Waals surface area contributed by atoms with Crippen LogP contribution in [-0.2, 0) is 9.47 Å². The van der Waals surface area contributed by atoms with Gasteiger partial charge in [0.05, 0.1) is 25.0 Å². The van der Waals surface area contributed by atoms with Crippen molar-refractivity contribution in [3.05, 3.63) is 34.8 Å². The van der Waals surface area contributed by atoms with E-state index in [2.05, 4.69) is 9.72 Å². The van der Waals surface area contributed by atoms with Crippen molar-refractivity contribution in [3.63, 3.8) is 0 Å². The number of nitrogens with zero attached hydrogens (tertiary/aromatic N) is 1. The van der Waals surface area contributed by atoms with Crippen LogP contribution in [0, 0.1) is 0 Å². The van der Waals surface area contributed by atoms with E-state index in [9.17, 15) is 4.79 Å². The number of aromatic nitrogens is 1. The fourth-order valence-electron chi connectivity index (χ4n) is 1.07. The minimum absolute atomic E-state index is 0.211. The lowest BCUT2D eigenvalue weighted by Crippen LogP contribution is -2.06. The Bertz CT molecular complexity index is 404. The molecule has 0 aliphatic carbocycles. The second kappa shape index (κ2) is 6.12. The molecule has 0 saturated carbocycles. The summed E-state index contributed by atoms with van der Waals surface area (Å²) >= 11 is 5.79. The Kier molecular flexibility index (Phi) is 4.79. The van der Waals surface area contributed by atoms with E-state index in [0.717, 1.165) is 0 Å². The highest BCUT2D eigenvalue weighted by atomic mass is 35.5. The number of carbonyl (C=O) groups is 1. The zero-order chi connectivity index (χ0) is 12.0. The molecule has 1 aromatic rings. The molecule has 1 rings (SSSR count). The number of hydrogen-bond donors (Lipinski definition) is 0. The molecule has 0 saturated heterocycles. The summed E-state index contributed by atoms with van der Waals surface area (Å²) in [6.45, 7) is 2.42. The molecule has 0 N–H and O–H groups in total. The predicted octanol–water partition coefficient (Wildman–Crippen LogP) is 2.53. The second-order valence-corrected chi connectivity index (χ2v) is 3.28. The number of hydrogen-bond acceptors (Lipinski definition) is 4. The van der Waals surface area contributed by atoms with E-state index in [1.54, 1.807) is 12.1 Å². The lowest BCUT2D eigenvalue weighted by Gasteiger charge is -2.03. The van der Waals surface area contributed by atoms with Crippen molar-refractivity contribution in [2.45, 2.75) is 6.92 Å². The third-order valence-corrected chi connectivity index (χ3v) is 1.98. The van der Waals surface area contributed by atoms with Crippen molar-refractivity contribution < 1.29 is 14.3 Å². The Morgan fingerprint density at radius 1 is 1.62 bits per heavy atom. The zero-order valence-corrected chi connectivity index (χ0v) is 9.82. The summed E-state index contributed by atoms with van der Waals surface area (Å²) in [5, 5.41) is 0.448. The number of esters is 1. The highest BCUT2D eigenvalue weighted by molar-refractivity contribution is 6.30. The molecule has 0 aromatic carbocycles. The molecule has 1 heterocycles. The number of methoxy groups -OCH3 is 1. The van der Waals surface area contributed by atoms with E-state index in [4.69, 9.17) is 16.3 Å². The molecule has 86 valence electrons. The van der Waals surface area contributed by atoms with Crippen molar-refractivity contribution in [1.29, 1.82) is 0 Å². The minimum atomic E-state index is -0.507. The van der Waals surface area contributed by atoms with Crippen LogP contribution in [0.3, 0.4) is 0 Å². The van der Waals surface area contributed by atoms with Gasteiger partial charge in [-0.1, -0.05) is 11.6 Å². The standard InChI is InChI=1S/C11H12ClNO3/c1-3-16-5-4-8-6-9(12)7-13-10(8)11(14)15-2/h4-7H,3H2,1-2H3/b5-4+. The molecule has 4 nitrogen and oxygen atoms in total. The second-order valence-electron chi connectivity index (χ2n) is 2.84. The maximum Gasteiger partial charge on any atom is 0.357 e. The van der Waals surface area contributed by atoms with Gasteiger partial charge in [-0.2, -0.15) is 0 Å². The van der Waals surface area contributed by atoms with Crippen LogP contribution in [0.1, 0.15) is 23.0 Å². The van der Waals surface area contributed by atoms with Crippen LogP contribution < -0.4 is 0 Å². The molecule has 0 bridgehead atoms. The van der Waals surface area contributed by atoms with Crippen LogP contribution in [0.25, 0.3) is 6.08 Å². The molecular weight excluding hydrogens is 230 g/mol. The lowest BCUT2D eigenvalue weighted by molar-refractivity contribution is 0.0594. The first-order valence-electron chi connectivity index (χ1n) is 4.71. The van der Waals surface area contributed by atoms with Gasteiger partial charge in [0, 0.05) is 11.8 Å². The normalized spacial score (nSPS) is 10.4. The Balaban J connectivity index is 3.03. The van der Waals surface area contributed by atoms with Crippen molar-refractivity contribution in [1.82, 2.24) is 4.98 Å². The van der Waals surface area contributed by atoms with E-state index < -0.39 is 5.97 Å². The summed E-state index contributed by atoms with van der Waals surface area (Å²) in [6, 6.07) is 1.62. The third kappa shape index (κ3) is 3.24. The van der Waals surface area contributed by atoms with Crippen molar-refractivity contribution in [2.75, 3.05) is 13.7 Å². The van der Waals surface area contributed by atoms with Gasteiger partial charge in [-0.25, -0.2) is 9.78 Å². The quantitative estimate of drug-likeness (QED) is 0.600. The summed E-state index contributed by atoms with van der Waals surface area (Å²) in [6.07, 6.45) is 4.50. The number of carbonyl (C=O) groups excluding carboxylic acids is 1. The average Bonchev–Trinajstić information content (AvgIpc) is 2.29. The Labute approximate surface area is 98.8 Å². The SMILES string of the molecule is CCO/C=C/c1cc(Cl)cnc1C(=O)OC. The smallest absolute Gasteiger partial charge is 0.357 e. The number of pyridine rings is 1. The Hall–Kier alpha value is -1.55. The maximum absolute atomic E-state index is 11.4. The molecule has 0 atom stereocenters. The predicted molar refractivity (Wildman–Crippen MR) is 61.2 cm³/mol. The van der Waals surface area contributed by atoms with Crippen LogP contribution in [-0.4, -0.2) is 24.7 Å². The van der Waals surface area contributed by atoms with Crippen LogP contribution in [0.2, 0.25) is 5.02 Å². The Morgan fingerprint density at radius 2 is 2.38 bits per heavy atom. The van der Waals surface area contributed by atoms with Crippen molar-refractivity contribution in [3.8, 4) is 0 Å². The van der Waals surface area contributed by atoms with Gasteiger partial charge in [0.25, 0.3) is 0 Å². The zero-order valence-electron chi connectivity index (χ0n) is 9.07. The average molecular weight is 242 g/mol. The molecule has 0 aliphatic rings. The van der Waals surface area contributed by atoms with E-state index in [1.165, 1.54) is 19.6 Å². The number of ether oxygens (including phenoxy) is 2. The topological polar surface area (TPSA) is 48.4 Å². The molecule has 0 fully saturated rings. The van der Waals surface area contributed by atoms with Gasteiger partial charge in [0.15, 0.2) is 5.69 Å². The van der Waals surface area contributed by atoms with E-state index in [-0.39, 0.29) is 5.69 Å². The van der Waals surface area contributed by atoms with Gasteiger partial charge < -0.3 is 9.47 Å². The van der Waals surface area contributed by atoms with Crippen LogP contribution in [0.15, 0.2) is 18.5 Å². The van der Waals surface area contributed by atoms with Gasteiger partial charge in [-0.05, 0) is 19.1 Å². The molecule has 16 heavy (non-hydrogen) atoms. The van der Waals surface area contributed by atoms with Crippen LogP contribution >= 0.6 is 11.6 Å². The van der Waals surface area contributed by atoms with Crippen LogP contribution in [0.5, 0.6) is 0 Å². The molecule has 0 radical (unpaired) electrons. The molecular formula is C11H12ClNO3. The largest absolute Gasteiger partial charge is 0.501 e. The minimum Gasteiger partial charge on any atom is -0.501 e. The fourth-order valence-corrected chi connectivity index (χ4v) is 1.23. The summed E-state index contributed by atoms with van der Waals surface area (Å²) in [5.74, 6) is -0.507. The fraction of sp³-hybridized carbons (Fsp3) is 0.273. The number of halogens is 1. The van der Waals surface area contributed by atoms with Gasteiger partial charge in [-0.3, -0.25) is 0 Å². The molecule has 0 spiro atoms. The third-order valence-electron chi connectivity index (χ3n) is 1.77. The lowest BCUT2D eigenvalue weighted by atomic mass is 10.2. The van der Waals surface area contributed by atoms with Crippen molar-refractivity contribution >= 4 is 23.6 Å². The first kappa shape index (κ1) is 12.5. The summed E-state index contributed by atoms with van der Waals surface area (Å²) in [4.78, 5) is 15.3. The van der Waals surface area contributed by atoms with E-state index in [1.807, 2.05) is 6.92 Å². The van der Waals surface area contributed by atoms with E-state index in [0.29, 0.717) is 17.2 Å². The maximum atomic E-state index is 11.4.